The van der Waals surface area contributed by atoms with Gasteiger partial charge in [0.25, 0.3) is 5.91 Å². The number of aromatic nitrogens is 1. The second-order valence-electron chi connectivity index (χ2n) is 6.18. The Morgan fingerprint density at radius 3 is 2.81 bits per heavy atom. The molecule has 0 spiro atoms. The minimum atomic E-state index is -0.270. The molecule has 4 N–H and O–H groups in total. The Bertz CT molecular complexity index is 749. The summed E-state index contributed by atoms with van der Waals surface area (Å²) < 4.78 is 0. The van der Waals surface area contributed by atoms with Gasteiger partial charge in [0, 0.05) is 36.7 Å². The number of nitrogens with two attached hydrogens (primary N) is 1. The van der Waals surface area contributed by atoms with Crippen molar-refractivity contribution in [1.29, 1.82) is 0 Å². The summed E-state index contributed by atoms with van der Waals surface area (Å²) in [6.07, 6.45) is 2.87. The van der Waals surface area contributed by atoms with Crippen molar-refractivity contribution >= 4 is 29.0 Å². The molecule has 1 aliphatic rings. The molecule has 2 heterocycles. The number of likely N-dealkylation sites (tertiary alicyclic amines) is 1. The Morgan fingerprint density at radius 2 is 2.08 bits per heavy atom. The number of nitrogens with zero attached hydrogens (tertiary/aromatic N) is 2. The monoisotopic (exact) mass is 373 g/mol. The molecule has 0 saturated carbocycles. The zero-order chi connectivity index (χ0) is 18.4. The molecule has 138 valence electrons. The number of hydrogen-bond donors (Lipinski definition) is 3. The Labute approximate surface area is 156 Å². The lowest BCUT2D eigenvalue weighted by molar-refractivity contribution is 0.0610. The Hall–Kier alpha value is -2.45. The third kappa shape index (κ3) is 4.59. The molecule has 1 fully saturated rings. The van der Waals surface area contributed by atoms with Gasteiger partial charge in [-0.1, -0.05) is 18.2 Å². The molecule has 1 unspecified atom stereocenters. The molecule has 1 atom stereocenters. The summed E-state index contributed by atoms with van der Waals surface area (Å²) in [4.78, 5) is 31.0. The van der Waals surface area contributed by atoms with Gasteiger partial charge in [0.05, 0.1) is 0 Å². The molecule has 1 aromatic heterocycles. The van der Waals surface area contributed by atoms with E-state index in [1.54, 1.807) is 5.38 Å². The zero-order valence-corrected chi connectivity index (χ0v) is 15.3. The predicted molar refractivity (Wildman–Crippen MR) is 102 cm³/mol. The van der Waals surface area contributed by atoms with E-state index in [4.69, 9.17) is 5.73 Å². The molecule has 0 radical (unpaired) electrons. The second kappa shape index (κ2) is 8.77. The van der Waals surface area contributed by atoms with E-state index in [0.717, 1.165) is 30.0 Å². The second-order valence-corrected chi connectivity index (χ2v) is 7.12. The molecule has 3 amide bonds. The number of carbonyl (C=O) groups excluding carboxylic acids is 2. The number of nitrogens with one attached hydrogen (secondary N) is 2. The van der Waals surface area contributed by atoms with Gasteiger partial charge in [-0.25, -0.2) is 9.78 Å². The first-order valence-corrected chi connectivity index (χ1v) is 9.60. The van der Waals surface area contributed by atoms with Crippen LogP contribution in [0.2, 0.25) is 0 Å². The first kappa shape index (κ1) is 18.3. The van der Waals surface area contributed by atoms with Crippen LogP contribution in [0.5, 0.6) is 0 Å². The highest BCUT2D eigenvalue weighted by Gasteiger charge is 2.29. The smallest absolute Gasteiger partial charge is 0.319 e. The number of anilines is 1. The van der Waals surface area contributed by atoms with Crippen molar-refractivity contribution in [1.82, 2.24) is 15.2 Å². The van der Waals surface area contributed by atoms with Crippen molar-refractivity contribution < 1.29 is 9.59 Å². The topological polar surface area (TPSA) is 100 Å². The Balaban J connectivity index is 1.58. The summed E-state index contributed by atoms with van der Waals surface area (Å²) in [6, 6.07) is 8.97. The number of carbonyl (C=O) groups is 2. The molecule has 1 saturated heterocycles. The third-order valence-corrected chi connectivity index (χ3v) is 5.23. The van der Waals surface area contributed by atoms with Crippen molar-refractivity contribution in [3.8, 4) is 0 Å². The highest BCUT2D eigenvalue weighted by molar-refractivity contribution is 7.09. The van der Waals surface area contributed by atoms with Crippen molar-refractivity contribution in [2.24, 2.45) is 5.73 Å². The van der Waals surface area contributed by atoms with Crippen LogP contribution in [-0.4, -0.2) is 41.0 Å². The van der Waals surface area contributed by atoms with Crippen LogP contribution in [-0.2, 0) is 6.54 Å². The van der Waals surface area contributed by atoms with Crippen LogP contribution in [0.1, 0.15) is 34.8 Å². The lowest BCUT2D eigenvalue weighted by Gasteiger charge is -2.35. The molecule has 1 aromatic carbocycles. The van der Waals surface area contributed by atoms with Crippen molar-refractivity contribution in [3.05, 3.63) is 46.4 Å². The SMILES string of the molecule is NCc1nc(C(=O)N2CCCCC2CNC(=O)Nc2ccccc2)cs1. The Kier molecular flexibility index (Phi) is 6.19. The molecule has 7 nitrogen and oxygen atoms in total. The van der Waals surface area contributed by atoms with Gasteiger partial charge >= 0.3 is 6.03 Å². The largest absolute Gasteiger partial charge is 0.336 e. The number of thiazole rings is 1. The highest BCUT2D eigenvalue weighted by Crippen LogP contribution is 2.20. The van der Waals surface area contributed by atoms with E-state index in [1.807, 2.05) is 35.2 Å². The average Bonchev–Trinajstić information content (AvgIpc) is 3.16. The molecule has 2 aromatic rings. The Morgan fingerprint density at radius 1 is 1.27 bits per heavy atom. The fraction of sp³-hybridized carbons (Fsp3) is 0.389. The van der Waals surface area contributed by atoms with E-state index in [-0.39, 0.29) is 18.0 Å². The van der Waals surface area contributed by atoms with Crippen LogP contribution in [0, 0.1) is 0 Å². The normalized spacial score (nSPS) is 17.0. The first-order valence-electron chi connectivity index (χ1n) is 8.72. The lowest BCUT2D eigenvalue weighted by atomic mass is 10.0. The summed E-state index contributed by atoms with van der Waals surface area (Å²) in [7, 11) is 0. The van der Waals surface area contributed by atoms with E-state index in [2.05, 4.69) is 15.6 Å². The summed E-state index contributed by atoms with van der Waals surface area (Å²) >= 11 is 1.40. The fourth-order valence-electron chi connectivity index (χ4n) is 3.04. The molecule has 0 bridgehead atoms. The van der Waals surface area contributed by atoms with Gasteiger partial charge in [-0.2, -0.15) is 0 Å². The summed E-state index contributed by atoms with van der Waals surface area (Å²) in [5.74, 6) is -0.0871. The van der Waals surface area contributed by atoms with Gasteiger partial charge in [-0.15, -0.1) is 11.3 Å². The molecular formula is C18H23N5O2S. The van der Waals surface area contributed by atoms with Crippen LogP contribution < -0.4 is 16.4 Å². The fourth-order valence-corrected chi connectivity index (χ4v) is 3.69. The lowest BCUT2D eigenvalue weighted by Crippen LogP contribution is -2.50. The van der Waals surface area contributed by atoms with Gasteiger partial charge in [0.2, 0.25) is 0 Å². The maximum atomic E-state index is 12.8. The zero-order valence-electron chi connectivity index (χ0n) is 14.5. The summed E-state index contributed by atoms with van der Waals surface area (Å²) in [5.41, 5.74) is 6.76. The average molecular weight is 373 g/mol. The molecule has 3 rings (SSSR count). The number of piperidine rings is 1. The van der Waals surface area contributed by atoms with E-state index in [0.29, 0.717) is 25.3 Å². The van der Waals surface area contributed by atoms with E-state index >= 15 is 0 Å². The number of benzene rings is 1. The van der Waals surface area contributed by atoms with Gasteiger partial charge < -0.3 is 21.3 Å². The van der Waals surface area contributed by atoms with Gasteiger partial charge in [0.1, 0.15) is 10.7 Å². The molecule has 0 aliphatic carbocycles. The summed E-state index contributed by atoms with van der Waals surface area (Å²) in [5, 5.41) is 8.17. The van der Waals surface area contributed by atoms with Crippen molar-refractivity contribution in [2.45, 2.75) is 31.8 Å². The molecule has 8 heteroatoms. The van der Waals surface area contributed by atoms with Gasteiger partial charge in [-0.05, 0) is 31.4 Å². The highest BCUT2D eigenvalue weighted by atomic mass is 32.1. The maximum Gasteiger partial charge on any atom is 0.319 e. The maximum absolute atomic E-state index is 12.8. The van der Waals surface area contributed by atoms with E-state index in [1.165, 1.54) is 11.3 Å². The summed E-state index contributed by atoms with van der Waals surface area (Å²) in [6.45, 7) is 1.43. The van der Waals surface area contributed by atoms with E-state index < -0.39 is 0 Å². The van der Waals surface area contributed by atoms with Crippen LogP contribution in [0.4, 0.5) is 10.5 Å². The molecular weight excluding hydrogens is 350 g/mol. The minimum Gasteiger partial charge on any atom is -0.336 e. The molecule has 1 aliphatic heterocycles. The predicted octanol–water partition coefficient (Wildman–Crippen LogP) is 2.42. The van der Waals surface area contributed by atoms with Crippen LogP contribution in [0.25, 0.3) is 0 Å². The number of para-hydroxylation sites is 1. The van der Waals surface area contributed by atoms with Gasteiger partial charge in [-0.3, -0.25) is 4.79 Å². The first-order chi connectivity index (χ1) is 12.7. The van der Waals surface area contributed by atoms with Crippen LogP contribution in [0.3, 0.4) is 0 Å². The van der Waals surface area contributed by atoms with Crippen molar-refractivity contribution in [3.63, 3.8) is 0 Å². The van der Waals surface area contributed by atoms with Crippen LogP contribution >= 0.6 is 11.3 Å². The third-order valence-electron chi connectivity index (χ3n) is 4.36. The number of hydrogen-bond acceptors (Lipinski definition) is 5. The minimum absolute atomic E-state index is 0.0270. The number of urea groups is 1. The van der Waals surface area contributed by atoms with E-state index in [9.17, 15) is 9.59 Å². The van der Waals surface area contributed by atoms with Gasteiger partial charge in [0.15, 0.2) is 0 Å². The standard InChI is InChI=1S/C18H23N5O2S/c19-10-16-22-15(12-26-16)17(24)23-9-5-4-8-14(23)11-20-18(25)21-13-6-2-1-3-7-13/h1-3,6-7,12,14H,4-5,8-11,19H2,(H2,20,21,25). The number of rotatable bonds is 5. The quantitative estimate of drug-likeness (QED) is 0.749. The van der Waals surface area contributed by atoms with Crippen molar-refractivity contribution in [2.75, 3.05) is 18.4 Å². The number of amides is 3. The van der Waals surface area contributed by atoms with Crippen LogP contribution in [0.15, 0.2) is 35.7 Å². The molecule has 26 heavy (non-hydrogen) atoms.